The molecule has 7 heteroatoms. The lowest BCUT2D eigenvalue weighted by Crippen LogP contribution is -2.51. The van der Waals surface area contributed by atoms with E-state index in [4.69, 9.17) is 6.42 Å². The van der Waals surface area contributed by atoms with Gasteiger partial charge in [0.25, 0.3) is 0 Å². The summed E-state index contributed by atoms with van der Waals surface area (Å²) in [6, 6.07) is 10.9. The van der Waals surface area contributed by atoms with E-state index in [-0.39, 0.29) is 18.5 Å². The number of amides is 3. The summed E-state index contributed by atoms with van der Waals surface area (Å²) in [5, 5.41) is 7.65. The van der Waals surface area contributed by atoms with E-state index in [1.165, 1.54) is 0 Å². The van der Waals surface area contributed by atoms with Gasteiger partial charge in [-0.15, -0.1) is 6.42 Å². The first-order valence-corrected chi connectivity index (χ1v) is 8.72. The molecule has 0 aliphatic rings. The smallest absolute Gasteiger partial charge is 0.315 e. The van der Waals surface area contributed by atoms with Gasteiger partial charge in [0, 0.05) is 19.0 Å². The van der Waals surface area contributed by atoms with Gasteiger partial charge in [-0.05, 0) is 29.7 Å². The third-order valence-electron chi connectivity index (χ3n) is 3.89. The SMILES string of the molecule is C#CCNC(=O)[C@H](Cc1cc(F)cc(F)c1)NC(=O)NCCc1ccccc1. The van der Waals surface area contributed by atoms with Gasteiger partial charge >= 0.3 is 6.03 Å². The first-order chi connectivity index (χ1) is 13.5. The molecule has 0 radical (unpaired) electrons. The van der Waals surface area contributed by atoms with Crippen molar-refractivity contribution in [3.8, 4) is 12.3 Å². The molecule has 0 aliphatic heterocycles. The van der Waals surface area contributed by atoms with Crippen molar-refractivity contribution in [3.05, 3.63) is 71.3 Å². The molecule has 0 aromatic heterocycles. The van der Waals surface area contributed by atoms with Gasteiger partial charge in [-0.3, -0.25) is 4.79 Å². The molecule has 0 bridgehead atoms. The lowest BCUT2D eigenvalue weighted by atomic mass is 10.0. The van der Waals surface area contributed by atoms with Gasteiger partial charge in [-0.25, -0.2) is 13.6 Å². The van der Waals surface area contributed by atoms with Gasteiger partial charge < -0.3 is 16.0 Å². The number of rotatable bonds is 8. The van der Waals surface area contributed by atoms with E-state index in [1.54, 1.807) is 0 Å². The van der Waals surface area contributed by atoms with Crippen LogP contribution in [0.25, 0.3) is 0 Å². The quantitative estimate of drug-likeness (QED) is 0.610. The molecule has 2 aromatic rings. The molecule has 0 saturated carbocycles. The highest BCUT2D eigenvalue weighted by molar-refractivity contribution is 5.87. The molecule has 0 unspecified atom stereocenters. The number of urea groups is 1. The number of terminal acetylenes is 1. The maximum Gasteiger partial charge on any atom is 0.315 e. The largest absolute Gasteiger partial charge is 0.343 e. The summed E-state index contributed by atoms with van der Waals surface area (Å²) >= 11 is 0. The first-order valence-electron chi connectivity index (χ1n) is 8.72. The topological polar surface area (TPSA) is 70.2 Å². The normalized spacial score (nSPS) is 11.2. The molecule has 5 nitrogen and oxygen atoms in total. The van der Waals surface area contributed by atoms with Gasteiger partial charge in [-0.2, -0.15) is 0 Å². The summed E-state index contributed by atoms with van der Waals surface area (Å²) in [5.74, 6) is 0.202. The fourth-order valence-corrected chi connectivity index (χ4v) is 2.61. The minimum atomic E-state index is -1.04. The number of benzene rings is 2. The average molecular weight is 385 g/mol. The van der Waals surface area contributed by atoms with Crippen LogP contribution in [0, 0.1) is 24.0 Å². The molecule has 0 spiro atoms. The van der Waals surface area contributed by atoms with Crippen LogP contribution in [0.3, 0.4) is 0 Å². The van der Waals surface area contributed by atoms with E-state index in [0.717, 1.165) is 23.8 Å². The maximum absolute atomic E-state index is 13.4. The fourth-order valence-electron chi connectivity index (χ4n) is 2.61. The summed E-state index contributed by atoms with van der Waals surface area (Å²) in [7, 11) is 0. The molecule has 0 heterocycles. The average Bonchev–Trinajstić information content (AvgIpc) is 2.65. The van der Waals surface area contributed by atoms with Crippen LogP contribution in [0.1, 0.15) is 11.1 Å². The molecular weight excluding hydrogens is 364 g/mol. The van der Waals surface area contributed by atoms with Crippen molar-refractivity contribution in [2.45, 2.75) is 18.9 Å². The number of hydrogen-bond acceptors (Lipinski definition) is 2. The Morgan fingerprint density at radius 2 is 1.68 bits per heavy atom. The Kier molecular flexibility index (Phi) is 7.97. The molecule has 0 aliphatic carbocycles. The Labute approximate surface area is 162 Å². The molecule has 3 N–H and O–H groups in total. The van der Waals surface area contributed by atoms with Gasteiger partial charge in [0.05, 0.1) is 6.54 Å². The molecule has 28 heavy (non-hydrogen) atoms. The van der Waals surface area contributed by atoms with Crippen LogP contribution in [0.2, 0.25) is 0 Å². The zero-order chi connectivity index (χ0) is 20.4. The third kappa shape index (κ3) is 7.08. The minimum Gasteiger partial charge on any atom is -0.343 e. The number of hydrogen-bond donors (Lipinski definition) is 3. The van der Waals surface area contributed by atoms with E-state index in [0.29, 0.717) is 13.0 Å². The van der Waals surface area contributed by atoms with Crippen molar-refractivity contribution in [2.75, 3.05) is 13.1 Å². The molecule has 146 valence electrons. The fraction of sp³-hybridized carbons (Fsp3) is 0.238. The summed E-state index contributed by atoms with van der Waals surface area (Å²) in [6.07, 6.45) is 5.66. The summed E-state index contributed by atoms with van der Waals surface area (Å²) in [6.45, 7) is 0.341. The maximum atomic E-state index is 13.4. The lowest BCUT2D eigenvalue weighted by molar-refractivity contribution is -0.122. The van der Waals surface area contributed by atoms with E-state index < -0.39 is 29.6 Å². The van der Waals surface area contributed by atoms with Gasteiger partial charge in [0.15, 0.2) is 0 Å². The molecule has 0 fully saturated rings. The van der Waals surface area contributed by atoms with Crippen LogP contribution in [-0.2, 0) is 17.6 Å². The van der Waals surface area contributed by atoms with Crippen molar-refractivity contribution in [1.29, 1.82) is 0 Å². The molecule has 1 atom stereocenters. The second-order valence-electron chi connectivity index (χ2n) is 6.09. The Balaban J connectivity index is 1.96. The van der Waals surface area contributed by atoms with Crippen LogP contribution in [-0.4, -0.2) is 31.1 Å². The predicted molar refractivity (Wildman–Crippen MR) is 102 cm³/mol. The van der Waals surface area contributed by atoms with Crippen molar-refractivity contribution in [1.82, 2.24) is 16.0 Å². The Hall–Kier alpha value is -3.40. The van der Waals surface area contributed by atoms with Crippen LogP contribution in [0.15, 0.2) is 48.5 Å². The lowest BCUT2D eigenvalue weighted by Gasteiger charge is -2.18. The van der Waals surface area contributed by atoms with Crippen LogP contribution >= 0.6 is 0 Å². The highest BCUT2D eigenvalue weighted by Gasteiger charge is 2.21. The molecular formula is C21H21F2N3O2. The van der Waals surface area contributed by atoms with Crippen LogP contribution < -0.4 is 16.0 Å². The second kappa shape index (κ2) is 10.7. The van der Waals surface area contributed by atoms with Gasteiger partial charge in [0.1, 0.15) is 17.7 Å². The standard InChI is InChI=1S/C21H21F2N3O2/c1-2-9-24-20(27)19(13-16-11-17(22)14-18(23)12-16)26-21(28)25-10-8-15-6-4-3-5-7-15/h1,3-7,11-12,14,19H,8-10,13H2,(H,24,27)(H2,25,26,28)/t19-/m0/s1. The van der Waals surface area contributed by atoms with Gasteiger partial charge in [0.2, 0.25) is 5.91 Å². The molecule has 3 amide bonds. The monoisotopic (exact) mass is 385 g/mol. The Morgan fingerprint density at radius 1 is 1.00 bits per heavy atom. The zero-order valence-electron chi connectivity index (χ0n) is 15.2. The highest BCUT2D eigenvalue weighted by Crippen LogP contribution is 2.10. The van der Waals surface area contributed by atoms with Crippen molar-refractivity contribution in [2.24, 2.45) is 0 Å². The number of carbonyl (C=O) groups is 2. The Bertz CT molecular complexity index is 830. The Morgan fingerprint density at radius 3 is 2.32 bits per heavy atom. The van der Waals surface area contributed by atoms with Crippen molar-refractivity contribution < 1.29 is 18.4 Å². The van der Waals surface area contributed by atoms with E-state index in [1.807, 2.05) is 30.3 Å². The molecule has 2 aromatic carbocycles. The summed E-state index contributed by atoms with van der Waals surface area (Å²) in [5.41, 5.74) is 1.30. The van der Waals surface area contributed by atoms with Crippen LogP contribution in [0.5, 0.6) is 0 Å². The predicted octanol–water partition coefficient (Wildman–Crippen LogP) is 2.17. The number of halogens is 2. The number of carbonyl (C=O) groups excluding carboxylic acids is 2. The first kappa shape index (κ1) is 20.9. The zero-order valence-corrected chi connectivity index (χ0v) is 15.2. The van der Waals surface area contributed by atoms with E-state index in [9.17, 15) is 18.4 Å². The van der Waals surface area contributed by atoms with E-state index >= 15 is 0 Å². The molecule has 2 rings (SSSR count). The van der Waals surface area contributed by atoms with E-state index in [2.05, 4.69) is 21.9 Å². The number of nitrogens with one attached hydrogen (secondary N) is 3. The minimum absolute atomic E-state index is 0.0237. The third-order valence-corrected chi connectivity index (χ3v) is 3.89. The molecule has 0 saturated heterocycles. The summed E-state index contributed by atoms with van der Waals surface area (Å²) < 4.78 is 26.8. The van der Waals surface area contributed by atoms with Gasteiger partial charge in [-0.1, -0.05) is 36.3 Å². The second-order valence-corrected chi connectivity index (χ2v) is 6.09. The van der Waals surface area contributed by atoms with Crippen molar-refractivity contribution >= 4 is 11.9 Å². The highest BCUT2D eigenvalue weighted by atomic mass is 19.1. The van der Waals surface area contributed by atoms with Crippen LogP contribution in [0.4, 0.5) is 13.6 Å². The van der Waals surface area contributed by atoms with Crippen molar-refractivity contribution in [3.63, 3.8) is 0 Å². The summed E-state index contributed by atoms with van der Waals surface area (Å²) in [4.78, 5) is 24.4.